The first-order chi connectivity index (χ1) is 14.4. The molecule has 0 saturated carbocycles. The molecule has 1 saturated heterocycles. The Hall–Kier alpha value is -2.57. The Kier molecular flexibility index (Phi) is 7.71. The molecule has 7 heteroatoms. The molecule has 1 amide bonds. The van der Waals surface area contributed by atoms with Gasteiger partial charge in [0.05, 0.1) is 5.76 Å². The van der Waals surface area contributed by atoms with Gasteiger partial charge in [-0.05, 0) is 48.0 Å². The van der Waals surface area contributed by atoms with E-state index in [4.69, 9.17) is 16.3 Å². The number of ether oxygens (including phenoxy) is 1. The van der Waals surface area contributed by atoms with Crippen molar-refractivity contribution in [1.29, 1.82) is 0 Å². The number of benzene rings is 2. The van der Waals surface area contributed by atoms with Crippen LogP contribution in [0.4, 0.5) is 4.39 Å². The number of nitrogens with zero attached hydrogens (tertiary/aromatic N) is 2. The van der Waals surface area contributed by atoms with Gasteiger partial charge in [-0.15, -0.1) is 0 Å². The third kappa shape index (κ3) is 6.21. The van der Waals surface area contributed by atoms with Crippen LogP contribution in [0.5, 0.6) is 5.75 Å². The molecule has 1 heterocycles. The Bertz CT molecular complexity index is 871. The monoisotopic (exact) mass is 432 g/mol. The van der Waals surface area contributed by atoms with Gasteiger partial charge in [-0.1, -0.05) is 30.7 Å². The zero-order valence-corrected chi connectivity index (χ0v) is 17.7. The van der Waals surface area contributed by atoms with Crippen molar-refractivity contribution in [2.45, 2.75) is 25.9 Å². The third-order valence-corrected chi connectivity index (χ3v) is 5.36. The topological polar surface area (TPSA) is 53.0 Å². The number of carbonyl (C=O) groups excluding carboxylic acids is 1. The molecule has 5 nitrogen and oxygen atoms in total. The maximum Gasteiger partial charge on any atom is 0.260 e. The van der Waals surface area contributed by atoms with Gasteiger partial charge in [-0.3, -0.25) is 9.69 Å². The molecule has 2 aromatic rings. The zero-order valence-electron chi connectivity index (χ0n) is 16.9. The van der Waals surface area contributed by atoms with Gasteiger partial charge >= 0.3 is 0 Å². The van der Waals surface area contributed by atoms with Crippen LogP contribution in [0.3, 0.4) is 0 Å². The number of amides is 1. The minimum Gasteiger partial charge on any atom is -0.513 e. The summed E-state index contributed by atoms with van der Waals surface area (Å²) in [7, 11) is 0. The fraction of sp³-hybridized carbons (Fsp3) is 0.348. The summed E-state index contributed by atoms with van der Waals surface area (Å²) < 4.78 is 18.8. The Morgan fingerprint density at radius 1 is 1.20 bits per heavy atom. The van der Waals surface area contributed by atoms with E-state index in [1.165, 1.54) is 12.1 Å². The highest BCUT2D eigenvalue weighted by Crippen LogP contribution is 2.19. The van der Waals surface area contributed by atoms with Gasteiger partial charge in [0.15, 0.2) is 6.61 Å². The fourth-order valence-electron chi connectivity index (χ4n) is 3.36. The number of hydrogen-bond donors (Lipinski definition) is 1. The summed E-state index contributed by atoms with van der Waals surface area (Å²) in [5.41, 5.74) is 0.983. The van der Waals surface area contributed by atoms with Crippen LogP contribution in [0.25, 0.3) is 0 Å². The first-order valence-corrected chi connectivity index (χ1v) is 10.4. The molecule has 1 aliphatic rings. The quantitative estimate of drug-likeness (QED) is 0.658. The Morgan fingerprint density at radius 2 is 1.90 bits per heavy atom. The van der Waals surface area contributed by atoms with Gasteiger partial charge in [0.25, 0.3) is 5.91 Å². The van der Waals surface area contributed by atoms with Crippen molar-refractivity contribution in [3.05, 3.63) is 76.8 Å². The summed E-state index contributed by atoms with van der Waals surface area (Å²) >= 11 is 5.87. The van der Waals surface area contributed by atoms with Crippen LogP contribution < -0.4 is 4.74 Å². The molecule has 1 atom stereocenters. The number of allylic oxidation sites excluding steroid dienone is 1. The molecule has 160 valence electrons. The number of aliphatic hydroxyl groups excluding tert-OH is 1. The molecule has 2 aromatic carbocycles. The smallest absolute Gasteiger partial charge is 0.260 e. The average molecular weight is 433 g/mol. The summed E-state index contributed by atoms with van der Waals surface area (Å²) in [6.45, 7) is 4.08. The number of piperazine rings is 1. The van der Waals surface area contributed by atoms with Crippen molar-refractivity contribution >= 4 is 17.5 Å². The lowest BCUT2D eigenvalue weighted by molar-refractivity contribution is -0.136. The summed E-state index contributed by atoms with van der Waals surface area (Å²) in [6, 6.07) is 13.1. The normalized spacial score (nSPS) is 17.8. The van der Waals surface area contributed by atoms with E-state index >= 15 is 0 Å². The molecule has 1 N–H and O–H groups in total. The van der Waals surface area contributed by atoms with E-state index in [0.717, 1.165) is 5.56 Å². The van der Waals surface area contributed by atoms with Gasteiger partial charge in [0, 0.05) is 43.7 Å². The van der Waals surface area contributed by atoms with E-state index in [1.807, 2.05) is 6.92 Å². The molecular formula is C23H26ClFN2O3. The highest BCUT2D eigenvalue weighted by atomic mass is 35.5. The summed E-state index contributed by atoms with van der Waals surface area (Å²) in [5.74, 6) is 0.495. The van der Waals surface area contributed by atoms with Crippen LogP contribution in [-0.2, 0) is 11.3 Å². The zero-order chi connectivity index (χ0) is 21.5. The van der Waals surface area contributed by atoms with E-state index < -0.39 is 0 Å². The van der Waals surface area contributed by atoms with Crippen LogP contribution in [0.2, 0.25) is 5.02 Å². The number of hydrogen-bond acceptors (Lipinski definition) is 4. The van der Waals surface area contributed by atoms with Crippen molar-refractivity contribution < 1.29 is 19.0 Å². The predicted octanol–water partition coefficient (Wildman–Crippen LogP) is 4.42. The van der Waals surface area contributed by atoms with E-state index in [2.05, 4.69) is 4.90 Å². The van der Waals surface area contributed by atoms with Gasteiger partial charge in [0.1, 0.15) is 11.6 Å². The van der Waals surface area contributed by atoms with Crippen LogP contribution in [0, 0.1) is 5.82 Å². The van der Waals surface area contributed by atoms with Gasteiger partial charge < -0.3 is 14.7 Å². The van der Waals surface area contributed by atoms with E-state index in [9.17, 15) is 14.3 Å². The standard InChI is InChI=1S/C23H26ClFN2O3/c1-2-21(28)13-20-15-27(23(29)16-30-22-9-5-18(24)6-10-22)12-11-26(20)14-17-3-7-19(25)8-4-17/h3-10,13,20,28H,2,11-12,14-16H2,1H3. The average Bonchev–Trinajstić information content (AvgIpc) is 2.75. The maximum absolute atomic E-state index is 13.2. The highest BCUT2D eigenvalue weighted by Gasteiger charge is 2.29. The maximum atomic E-state index is 13.2. The summed E-state index contributed by atoms with van der Waals surface area (Å²) in [6.07, 6.45) is 2.32. The first kappa shape index (κ1) is 22.1. The van der Waals surface area contributed by atoms with Gasteiger partial charge in [0.2, 0.25) is 0 Å². The second-order valence-electron chi connectivity index (χ2n) is 7.26. The molecule has 3 rings (SSSR count). The van der Waals surface area contributed by atoms with Crippen molar-refractivity contribution in [3.8, 4) is 5.75 Å². The molecule has 1 fully saturated rings. The fourth-order valence-corrected chi connectivity index (χ4v) is 3.49. The van der Waals surface area contributed by atoms with Crippen LogP contribution in [-0.4, -0.2) is 53.1 Å². The highest BCUT2D eigenvalue weighted by molar-refractivity contribution is 6.30. The molecule has 0 radical (unpaired) electrons. The van der Waals surface area contributed by atoms with E-state index in [0.29, 0.717) is 43.4 Å². The number of aliphatic hydroxyl groups is 1. The van der Waals surface area contributed by atoms with Gasteiger partial charge in [-0.2, -0.15) is 0 Å². The Morgan fingerprint density at radius 3 is 2.57 bits per heavy atom. The van der Waals surface area contributed by atoms with Crippen molar-refractivity contribution in [2.75, 3.05) is 26.2 Å². The molecular weight excluding hydrogens is 407 g/mol. The lowest BCUT2D eigenvalue weighted by Gasteiger charge is -2.40. The molecule has 0 spiro atoms. The van der Waals surface area contributed by atoms with Crippen molar-refractivity contribution in [1.82, 2.24) is 9.80 Å². The second kappa shape index (κ2) is 10.5. The molecule has 0 bridgehead atoms. The van der Waals surface area contributed by atoms with Crippen LogP contribution >= 0.6 is 11.6 Å². The number of halogens is 2. The largest absolute Gasteiger partial charge is 0.513 e. The minimum atomic E-state index is -0.269. The molecule has 1 aliphatic heterocycles. The van der Waals surface area contributed by atoms with E-state index in [-0.39, 0.29) is 30.1 Å². The molecule has 0 aromatic heterocycles. The summed E-state index contributed by atoms with van der Waals surface area (Å²) in [5, 5.41) is 10.7. The minimum absolute atomic E-state index is 0.0597. The van der Waals surface area contributed by atoms with Crippen molar-refractivity contribution in [3.63, 3.8) is 0 Å². The third-order valence-electron chi connectivity index (χ3n) is 5.11. The molecule has 0 aliphatic carbocycles. The first-order valence-electron chi connectivity index (χ1n) is 9.99. The SMILES string of the molecule is CCC(O)=CC1CN(C(=O)COc2ccc(Cl)cc2)CCN1Cc1ccc(F)cc1. The lowest BCUT2D eigenvalue weighted by Crippen LogP contribution is -2.54. The molecule has 30 heavy (non-hydrogen) atoms. The number of carbonyl (C=O) groups is 1. The lowest BCUT2D eigenvalue weighted by atomic mass is 10.1. The molecule has 1 unspecified atom stereocenters. The Balaban J connectivity index is 1.63. The summed E-state index contributed by atoms with van der Waals surface area (Å²) in [4.78, 5) is 16.6. The van der Waals surface area contributed by atoms with Gasteiger partial charge in [-0.25, -0.2) is 4.39 Å². The second-order valence-corrected chi connectivity index (χ2v) is 7.69. The predicted molar refractivity (Wildman–Crippen MR) is 115 cm³/mol. The van der Waals surface area contributed by atoms with Crippen LogP contribution in [0.1, 0.15) is 18.9 Å². The Labute approximate surface area is 181 Å². The number of rotatable bonds is 7. The van der Waals surface area contributed by atoms with Crippen LogP contribution in [0.15, 0.2) is 60.4 Å². The van der Waals surface area contributed by atoms with Crippen molar-refractivity contribution in [2.24, 2.45) is 0 Å². The van der Waals surface area contributed by atoms with E-state index in [1.54, 1.807) is 47.4 Å².